The van der Waals surface area contributed by atoms with Gasteiger partial charge in [0.05, 0.1) is 0 Å². The van der Waals surface area contributed by atoms with Gasteiger partial charge in [0.15, 0.2) is 5.06 Å². The summed E-state index contributed by atoms with van der Waals surface area (Å²) in [6.45, 7) is 2.34. The van der Waals surface area contributed by atoms with Crippen molar-refractivity contribution in [2.75, 3.05) is 6.54 Å². The molecule has 86 valence electrons. The van der Waals surface area contributed by atoms with E-state index in [0.29, 0.717) is 18.0 Å². The minimum Gasteiger partial charge on any atom is -0.480 e. The molecule has 16 heavy (non-hydrogen) atoms. The zero-order chi connectivity index (χ0) is 11.7. The zero-order valence-electron chi connectivity index (χ0n) is 8.67. The van der Waals surface area contributed by atoms with Crippen molar-refractivity contribution < 1.29 is 19.4 Å². The molecule has 1 N–H and O–H groups in total. The average molecular weight is 241 g/mol. The lowest BCUT2D eigenvalue weighted by atomic mass is 10.1. The maximum Gasteiger partial charge on any atom is 0.416 e. The molecule has 2 heterocycles. The summed E-state index contributed by atoms with van der Waals surface area (Å²) in [7, 11) is 0. The summed E-state index contributed by atoms with van der Waals surface area (Å²) in [6.07, 6.45) is -0.0889. The van der Waals surface area contributed by atoms with Crippen LogP contribution in [0.3, 0.4) is 0 Å². The van der Waals surface area contributed by atoms with E-state index in [1.807, 2.05) is 12.3 Å². The molecule has 0 bridgehead atoms. The van der Waals surface area contributed by atoms with E-state index >= 15 is 0 Å². The van der Waals surface area contributed by atoms with Crippen LogP contribution in [-0.2, 0) is 4.79 Å². The summed E-state index contributed by atoms with van der Waals surface area (Å²) < 4.78 is 5.06. The van der Waals surface area contributed by atoms with Crippen LogP contribution in [0.1, 0.15) is 12.0 Å². The van der Waals surface area contributed by atoms with Gasteiger partial charge < -0.3 is 9.84 Å². The second kappa shape index (κ2) is 4.13. The first-order valence-corrected chi connectivity index (χ1v) is 5.72. The highest BCUT2D eigenvalue weighted by molar-refractivity contribution is 7.12. The number of carbonyl (C=O) groups excluding carboxylic acids is 1. The molecule has 6 heteroatoms. The van der Waals surface area contributed by atoms with Gasteiger partial charge in [-0.3, -0.25) is 4.90 Å². The van der Waals surface area contributed by atoms with Gasteiger partial charge in [0.25, 0.3) is 0 Å². The molecule has 1 saturated heterocycles. The first-order valence-electron chi connectivity index (χ1n) is 4.84. The van der Waals surface area contributed by atoms with Crippen molar-refractivity contribution in [2.45, 2.75) is 19.4 Å². The first kappa shape index (κ1) is 10.9. The molecule has 0 aliphatic carbocycles. The molecule has 1 fully saturated rings. The SMILES string of the molecule is Cc1csc(OC(=O)N2CCC2C(=O)O)c1. The van der Waals surface area contributed by atoms with Crippen LogP contribution in [0.15, 0.2) is 11.4 Å². The maximum absolute atomic E-state index is 11.6. The molecular weight excluding hydrogens is 230 g/mol. The van der Waals surface area contributed by atoms with Gasteiger partial charge >= 0.3 is 12.1 Å². The fourth-order valence-corrected chi connectivity index (χ4v) is 2.21. The third kappa shape index (κ3) is 2.01. The molecule has 2 rings (SSSR count). The summed E-state index contributed by atoms with van der Waals surface area (Å²) >= 11 is 1.32. The van der Waals surface area contributed by atoms with Crippen molar-refractivity contribution >= 4 is 23.4 Å². The van der Waals surface area contributed by atoms with Crippen LogP contribution in [0.4, 0.5) is 4.79 Å². The van der Waals surface area contributed by atoms with Crippen molar-refractivity contribution in [1.82, 2.24) is 4.90 Å². The summed E-state index contributed by atoms with van der Waals surface area (Å²) in [5.41, 5.74) is 1.02. The van der Waals surface area contributed by atoms with Gasteiger partial charge in [0, 0.05) is 6.54 Å². The number of thiophene rings is 1. The number of ether oxygens (including phenoxy) is 1. The van der Waals surface area contributed by atoms with Crippen molar-refractivity contribution in [3.05, 3.63) is 17.0 Å². The Hall–Kier alpha value is -1.56. The fraction of sp³-hybridized carbons (Fsp3) is 0.400. The Bertz CT molecular complexity index is 428. The highest BCUT2D eigenvalue weighted by Crippen LogP contribution is 2.25. The zero-order valence-corrected chi connectivity index (χ0v) is 9.49. The summed E-state index contributed by atoms with van der Waals surface area (Å²) in [6, 6.07) is 1.02. The van der Waals surface area contributed by atoms with Gasteiger partial charge in [-0.1, -0.05) is 0 Å². The second-order valence-electron chi connectivity index (χ2n) is 3.65. The molecule has 1 aromatic heterocycles. The number of aryl methyl sites for hydroxylation is 1. The Labute approximate surface area is 96.2 Å². The van der Waals surface area contributed by atoms with Crippen LogP contribution >= 0.6 is 11.3 Å². The van der Waals surface area contributed by atoms with E-state index in [1.165, 1.54) is 16.2 Å². The number of carboxylic acid groups (broad SMARTS) is 1. The topological polar surface area (TPSA) is 66.8 Å². The number of aliphatic carboxylic acids is 1. The molecular formula is C10H11NO4S. The normalized spacial score (nSPS) is 19.1. The lowest BCUT2D eigenvalue weighted by Gasteiger charge is -2.36. The van der Waals surface area contributed by atoms with E-state index in [9.17, 15) is 9.59 Å². The fourth-order valence-electron chi connectivity index (χ4n) is 1.47. The monoisotopic (exact) mass is 241 g/mol. The van der Waals surface area contributed by atoms with E-state index < -0.39 is 18.1 Å². The average Bonchev–Trinajstić information content (AvgIpc) is 2.47. The van der Waals surface area contributed by atoms with E-state index in [2.05, 4.69) is 0 Å². The number of nitrogens with zero attached hydrogens (tertiary/aromatic N) is 1. The summed E-state index contributed by atoms with van der Waals surface area (Å²) in [5.74, 6) is -0.981. The van der Waals surface area contributed by atoms with Crippen LogP contribution in [0.5, 0.6) is 5.06 Å². The Balaban J connectivity index is 1.96. The third-order valence-electron chi connectivity index (χ3n) is 2.43. The summed E-state index contributed by atoms with van der Waals surface area (Å²) in [4.78, 5) is 23.5. The number of amides is 1. The van der Waals surface area contributed by atoms with Gasteiger partial charge in [0.2, 0.25) is 0 Å². The van der Waals surface area contributed by atoms with Gasteiger partial charge in [-0.05, 0) is 30.4 Å². The minimum atomic E-state index is -0.981. The first-order chi connectivity index (χ1) is 7.58. The largest absolute Gasteiger partial charge is 0.480 e. The van der Waals surface area contributed by atoms with Crippen molar-refractivity contribution in [3.8, 4) is 5.06 Å². The summed E-state index contributed by atoms with van der Waals surface area (Å²) in [5, 5.41) is 11.1. The quantitative estimate of drug-likeness (QED) is 0.856. The van der Waals surface area contributed by atoms with Crippen molar-refractivity contribution in [1.29, 1.82) is 0 Å². The highest BCUT2D eigenvalue weighted by atomic mass is 32.1. The van der Waals surface area contributed by atoms with Gasteiger partial charge in [-0.25, -0.2) is 9.59 Å². The lowest BCUT2D eigenvalue weighted by molar-refractivity contribution is -0.146. The molecule has 0 radical (unpaired) electrons. The smallest absolute Gasteiger partial charge is 0.416 e. The van der Waals surface area contributed by atoms with Crippen LogP contribution in [0.25, 0.3) is 0 Å². The second-order valence-corrected chi connectivity index (χ2v) is 4.52. The molecule has 0 saturated carbocycles. The molecule has 1 aromatic rings. The van der Waals surface area contributed by atoms with Gasteiger partial charge in [0.1, 0.15) is 6.04 Å². The van der Waals surface area contributed by atoms with E-state index in [-0.39, 0.29) is 0 Å². The van der Waals surface area contributed by atoms with E-state index in [4.69, 9.17) is 9.84 Å². The van der Waals surface area contributed by atoms with Crippen LogP contribution in [0, 0.1) is 6.92 Å². The third-order valence-corrected chi connectivity index (χ3v) is 3.36. The van der Waals surface area contributed by atoms with Crippen LogP contribution < -0.4 is 4.74 Å². The molecule has 1 aliphatic rings. The highest BCUT2D eigenvalue weighted by Gasteiger charge is 2.38. The van der Waals surface area contributed by atoms with Gasteiger partial charge in [-0.2, -0.15) is 0 Å². The standard InChI is InChI=1S/C10H11NO4S/c1-6-4-8(16-5-6)15-10(14)11-3-2-7(11)9(12)13/h4-5,7H,2-3H2,1H3,(H,12,13). The molecule has 0 spiro atoms. The maximum atomic E-state index is 11.6. The Morgan fingerprint density at radius 1 is 1.62 bits per heavy atom. The number of hydrogen-bond donors (Lipinski definition) is 1. The number of carbonyl (C=O) groups is 2. The predicted molar refractivity (Wildman–Crippen MR) is 57.8 cm³/mol. The van der Waals surface area contributed by atoms with Crippen LogP contribution in [-0.4, -0.2) is 34.7 Å². The molecule has 0 aromatic carbocycles. The van der Waals surface area contributed by atoms with E-state index in [1.54, 1.807) is 6.07 Å². The Morgan fingerprint density at radius 2 is 2.38 bits per heavy atom. The number of hydrogen-bond acceptors (Lipinski definition) is 4. The number of likely N-dealkylation sites (tertiary alicyclic amines) is 1. The van der Waals surface area contributed by atoms with Crippen LogP contribution in [0.2, 0.25) is 0 Å². The Morgan fingerprint density at radius 3 is 2.81 bits per heavy atom. The molecule has 1 unspecified atom stereocenters. The minimum absolute atomic E-state index is 0.445. The molecule has 1 aliphatic heterocycles. The van der Waals surface area contributed by atoms with Crippen molar-refractivity contribution in [2.24, 2.45) is 0 Å². The number of carboxylic acids is 1. The lowest BCUT2D eigenvalue weighted by Crippen LogP contribution is -2.55. The van der Waals surface area contributed by atoms with E-state index in [0.717, 1.165) is 5.56 Å². The van der Waals surface area contributed by atoms with Crippen molar-refractivity contribution in [3.63, 3.8) is 0 Å². The molecule has 1 atom stereocenters. The molecule has 1 amide bonds. The number of rotatable bonds is 2. The Kier molecular flexibility index (Phi) is 2.82. The predicted octanol–water partition coefficient (Wildman–Crippen LogP) is 1.71. The van der Waals surface area contributed by atoms with Gasteiger partial charge in [-0.15, -0.1) is 11.3 Å². The molecule has 5 nitrogen and oxygen atoms in total.